The molecule has 0 aliphatic carbocycles. The summed E-state index contributed by atoms with van der Waals surface area (Å²) >= 11 is 0. The molecule has 2 aromatic heterocycles. The Hall–Kier alpha value is -2.56. The normalized spacial score (nSPS) is 11.0. The van der Waals surface area contributed by atoms with Gasteiger partial charge in [-0.25, -0.2) is 0 Å². The third-order valence-corrected chi connectivity index (χ3v) is 3.61. The number of hydrogen-bond donors (Lipinski definition) is 2. The molecule has 0 radical (unpaired) electrons. The second-order valence-electron chi connectivity index (χ2n) is 5.15. The molecule has 0 aliphatic heterocycles. The van der Waals surface area contributed by atoms with Gasteiger partial charge in [-0.3, -0.25) is 10.1 Å². The van der Waals surface area contributed by atoms with Gasteiger partial charge in [0.05, 0.1) is 35.3 Å². The fourth-order valence-corrected chi connectivity index (χ4v) is 2.52. The van der Waals surface area contributed by atoms with E-state index in [4.69, 9.17) is 5.73 Å². The number of nitrogens with two attached hydrogens (primary N) is 1. The predicted molar refractivity (Wildman–Crippen MR) is 86.2 cm³/mol. The molecule has 0 saturated heterocycles. The lowest BCUT2D eigenvalue weighted by Crippen LogP contribution is -2.23. The molecular weight excluding hydrogens is 262 g/mol. The number of aromatic amines is 1. The van der Waals surface area contributed by atoms with E-state index in [1.165, 1.54) is 0 Å². The number of aromatic nitrogens is 3. The number of H-pyrrole nitrogens is 1. The van der Waals surface area contributed by atoms with E-state index in [0.717, 1.165) is 46.8 Å². The van der Waals surface area contributed by atoms with Gasteiger partial charge in [0.15, 0.2) is 0 Å². The molecule has 0 bridgehead atoms. The molecule has 5 heteroatoms. The number of nitrogens with zero attached hydrogens (tertiary/aromatic N) is 3. The van der Waals surface area contributed by atoms with Crippen molar-refractivity contribution in [1.82, 2.24) is 15.2 Å². The molecule has 108 valence electrons. The summed E-state index contributed by atoms with van der Waals surface area (Å²) in [5.41, 5.74) is 11.0. The molecule has 21 heavy (non-hydrogen) atoms. The van der Waals surface area contributed by atoms with Gasteiger partial charge in [0, 0.05) is 17.6 Å². The SMILES string of the molecule is CCN(Cc1cccc(C)n1)c1cc2[nH]ncc2cc1N. The molecule has 0 atom stereocenters. The first-order valence-electron chi connectivity index (χ1n) is 7.07. The van der Waals surface area contributed by atoms with Crippen LogP contribution in [0.2, 0.25) is 0 Å². The molecule has 1 aromatic carbocycles. The summed E-state index contributed by atoms with van der Waals surface area (Å²) < 4.78 is 0. The molecule has 3 rings (SSSR count). The van der Waals surface area contributed by atoms with Crippen LogP contribution in [0.3, 0.4) is 0 Å². The second kappa shape index (κ2) is 5.44. The first-order valence-corrected chi connectivity index (χ1v) is 7.07. The quantitative estimate of drug-likeness (QED) is 0.721. The van der Waals surface area contributed by atoms with E-state index in [-0.39, 0.29) is 0 Å². The first kappa shape index (κ1) is 13.4. The van der Waals surface area contributed by atoms with Gasteiger partial charge in [-0.15, -0.1) is 0 Å². The van der Waals surface area contributed by atoms with Crippen molar-refractivity contribution in [3.05, 3.63) is 47.9 Å². The van der Waals surface area contributed by atoms with E-state index in [1.54, 1.807) is 6.20 Å². The maximum Gasteiger partial charge on any atom is 0.0672 e. The van der Waals surface area contributed by atoms with Crippen LogP contribution in [0, 0.1) is 6.92 Å². The van der Waals surface area contributed by atoms with E-state index >= 15 is 0 Å². The molecule has 2 heterocycles. The third-order valence-electron chi connectivity index (χ3n) is 3.61. The number of pyridine rings is 1. The van der Waals surface area contributed by atoms with Crippen molar-refractivity contribution < 1.29 is 0 Å². The van der Waals surface area contributed by atoms with Crippen LogP contribution in [-0.2, 0) is 6.54 Å². The number of fused-ring (bicyclic) bond motifs is 1. The summed E-state index contributed by atoms with van der Waals surface area (Å²) in [6, 6.07) is 10.1. The Bertz CT molecular complexity index is 762. The standard InChI is InChI=1S/C16H19N5/c1-3-21(10-13-6-4-5-11(2)19-13)16-8-15-12(7-14(16)17)9-18-20-15/h4-9H,3,10,17H2,1-2H3,(H,18,20). The molecule has 0 spiro atoms. The van der Waals surface area contributed by atoms with Crippen molar-refractivity contribution in [1.29, 1.82) is 0 Å². The smallest absolute Gasteiger partial charge is 0.0672 e. The highest BCUT2D eigenvalue weighted by molar-refractivity contribution is 5.88. The molecule has 5 nitrogen and oxygen atoms in total. The van der Waals surface area contributed by atoms with Crippen LogP contribution in [0.5, 0.6) is 0 Å². The number of anilines is 2. The number of nitrogens with one attached hydrogen (secondary N) is 1. The Morgan fingerprint density at radius 1 is 1.29 bits per heavy atom. The number of hydrogen-bond acceptors (Lipinski definition) is 4. The highest BCUT2D eigenvalue weighted by Crippen LogP contribution is 2.29. The van der Waals surface area contributed by atoms with Crippen molar-refractivity contribution >= 4 is 22.3 Å². The maximum absolute atomic E-state index is 6.20. The van der Waals surface area contributed by atoms with E-state index < -0.39 is 0 Å². The zero-order valence-corrected chi connectivity index (χ0v) is 12.3. The van der Waals surface area contributed by atoms with Crippen LogP contribution in [0.4, 0.5) is 11.4 Å². The van der Waals surface area contributed by atoms with E-state index in [9.17, 15) is 0 Å². The molecule has 0 saturated carbocycles. The minimum Gasteiger partial charge on any atom is -0.397 e. The fourth-order valence-electron chi connectivity index (χ4n) is 2.52. The average Bonchev–Trinajstić information content (AvgIpc) is 2.91. The third kappa shape index (κ3) is 2.67. The Morgan fingerprint density at radius 2 is 2.14 bits per heavy atom. The summed E-state index contributed by atoms with van der Waals surface area (Å²) in [6.45, 7) is 5.72. The zero-order chi connectivity index (χ0) is 14.8. The number of nitrogen functional groups attached to an aromatic ring is 1. The lowest BCUT2D eigenvalue weighted by Gasteiger charge is -2.24. The predicted octanol–water partition coefficient (Wildman–Crippen LogP) is 2.88. The zero-order valence-electron chi connectivity index (χ0n) is 12.3. The van der Waals surface area contributed by atoms with Crippen molar-refractivity contribution in [2.45, 2.75) is 20.4 Å². The van der Waals surface area contributed by atoms with Gasteiger partial charge >= 0.3 is 0 Å². The first-order chi connectivity index (χ1) is 10.2. The summed E-state index contributed by atoms with van der Waals surface area (Å²) in [4.78, 5) is 6.79. The van der Waals surface area contributed by atoms with E-state index in [2.05, 4.69) is 33.1 Å². The van der Waals surface area contributed by atoms with Crippen molar-refractivity contribution in [2.24, 2.45) is 0 Å². The van der Waals surface area contributed by atoms with Crippen LogP contribution in [0.1, 0.15) is 18.3 Å². The molecule has 0 unspecified atom stereocenters. The van der Waals surface area contributed by atoms with Gasteiger partial charge in [0.1, 0.15) is 0 Å². The van der Waals surface area contributed by atoms with Gasteiger partial charge < -0.3 is 10.6 Å². The Morgan fingerprint density at radius 3 is 2.90 bits per heavy atom. The van der Waals surface area contributed by atoms with E-state index in [0.29, 0.717) is 0 Å². The van der Waals surface area contributed by atoms with Gasteiger partial charge in [-0.2, -0.15) is 5.10 Å². The van der Waals surface area contributed by atoms with E-state index in [1.807, 2.05) is 31.2 Å². The minimum absolute atomic E-state index is 0.738. The summed E-state index contributed by atoms with van der Waals surface area (Å²) in [7, 11) is 0. The average molecular weight is 281 g/mol. The molecule has 0 amide bonds. The highest BCUT2D eigenvalue weighted by atomic mass is 15.1. The van der Waals surface area contributed by atoms with Crippen LogP contribution >= 0.6 is 0 Å². The monoisotopic (exact) mass is 281 g/mol. The number of benzene rings is 1. The molecule has 0 fully saturated rings. The number of rotatable bonds is 4. The molecule has 3 aromatic rings. The second-order valence-corrected chi connectivity index (χ2v) is 5.15. The minimum atomic E-state index is 0.738. The highest BCUT2D eigenvalue weighted by Gasteiger charge is 2.11. The van der Waals surface area contributed by atoms with Gasteiger partial charge in [0.2, 0.25) is 0 Å². The van der Waals surface area contributed by atoms with Crippen molar-refractivity contribution in [3.63, 3.8) is 0 Å². The van der Waals surface area contributed by atoms with Crippen LogP contribution in [0.25, 0.3) is 10.9 Å². The van der Waals surface area contributed by atoms with Crippen LogP contribution < -0.4 is 10.6 Å². The Kier molecular flexibility index (Phi) is 3.48. The van der Waals surface area contributed by atoms with Gasteiger partial charge in [-0.05, 0) is 38.1 Å². The topological polar surface area (TPSA) is 70.8 Å². The van der Waals surface area contributed by atoms with Crippen LogP contribution in [0.15, 0.2) is 36.5 Å². The van der Waals surface area contributed by atoms with Crippen molar-refractivity contribution in [2.75, 3.05) is 17.2 Å². The van der Waals surface area contributed by atoms with Gasteiger partial charge in [-0.1, -0.05) is 6.07 Å². The van der Waals surface area contributed by atoms with Crippen molar-refractivity contribution in [3.8, 4) is 0 Å². The lowest BCUT2D eigenvalue weighted by atomic mass is 10.1. The maximum atomic E-state index is 6.20. The van der Waals surface area contributed by atoms with Crippen LogP contribution in [-0.4, -0.2) is 21.7 Å². The summed E-state index contributed by atoms with van der Waals surface area (Å²) in [5, 5.41) is 8.07. The molecule has 0 aliphatic rings. The molecular formula is C16H19N5. The molecule has 3 N–H and O–H groups in total. The fraction of sp³-hybridized carbons (Fsp3) is 0.250. The largest absolute Gasteiger partial charge is 0.397 e. The summed E-state index contributed by atoms with van der Waals surface area (Å²) in [5.74, 6) is 0. The number of aryl methyl sites for hydroxylation is 1. The Balaban J connectivity index is 1.95. The van der Waals surface area contributed by atoms with Gasteiger partial charge in [0.25, 0.3) is 0 Å². The lowest BCUT2D eigenvalue weighted by molar-refractivity contribution is 0.807. The Labute approximate surface area is 123 Å². The summed E-state index contributed by atoms with van der Waals surface area (Å²) in [6.07, 6.45) is 1.79.